The fourth-order valence-electron chi connectivity index (χ4n) is 1.28. The number of carboxylic acids is 1. The third-order valence-electron chi connectivity index (χ3n) is 2.27. The summed E-state index contributed by atoms with van der Waals surface area (Å²) >= 11 is 0. The number of amides is 1. The highest BCUT2D eigenvalue weighted by molar-refractivity contribution is 5.89. The predicted molar refractivity (Wildman–Crippen MR) is 47.2 cm³/mol. The van der Waals surface area contributed by atoms with Crippen molar-refractivity contribution < 1.29 is 14.7 Å². The molecule has 74 valence electrons. The van der Waals surface area contributed by atoms with Gasteiger partial charge in [-0.3, -0.25) is 9.59 Å². The van der Waals surface area contributed by atoms with Crippen LogP contribution in [0.2, 0.25) is 0 Å². The van der Waals surface area contributed by atoms with Gasteiger partial charge in [0.15, 0.2) is 0 Å². The molecule has 0 radical (unpaired) electrons. The van der Waals surface area contributed by atoms with E-state index in [9.17, 15) is 9.59 Å². The Bertz CT molecular complexity index is 215. The molecule has 0 aromatic heterocycles. The maximum atomic E-state index is 11.2. The van der Waals surface area contributed by atoms with E-state index in [2.05, 4.69) is 5.32 Å². The first-order valence-corrected chi connectivity index (χ1v) is 4.67. The molecule has 1 aliphatic carbocycles. The highest BCUT2D eigenvalue weighted by Gasteiger charge is 2.48. The second-order valence-electron chi connectivity index (χ2n) is 3.43. The van der Waals surface area contributed by atoms with Crippen LogP contribution in [0.1, 0.15) is 26.2 Å². The number of carbonyl (C=O) groups excluding carboxylic acids is 1. The van der Waals surface area contributed by atoms with E-state index in [1.54, 1.807) is 0 Å². The molecule has 1 aliphatic rings. The van der Waals surface area contributed by atoms with Gasteiger partial charge in [-0.1, -0.05) is 13.3 Å². The number of hydrogen-bond acceptors (Lipinski definition) is 2. The molecule has 0 aliphatic heterocycles. The van der Waals surface area contributed by atoms with E-state index in [1.165, 1.54) is 0 Å². The predicted octanol–water partition coefficient (Wildman–Crippen LogP) is 0.623. The molecule has 0 bridgehead atoms. The van der Waals surface area contributed by atoms with Crippen LogP contribution in [0.25, 0.3) is 0 Å². The number of nitrogens with one attached hydrogen (secondary N) is 1. The van der Waals surface area contributed by atoms with Gasteiger partial charge in [0.25, 0.3) is 0 Å². The van der Waals surface area contributed by atoms with Crippen molar-refractivity contribution in [2.24, 2.45) is 11.8 Å². The molecule has 0 heterocycles. The van der Waals surface area contributed by atoms with Crippen LogP contribution >= 0.6 is 0 Å². The number of unbranched alkanes of at least 4 members (excludes halogenated alkanes) is 1. The minimum Gasteiger partial charge on any atom is -0.481 e. The van der Waals surface area contributed by atoms with Gasteiger partial charge in [0, 0.05) is 6.54 Å². The van der Waals surface area contributed by atoms with Gasteiger partial charge in [0.2, 0.25) is 5.91 Å². The smallest absolute Gasteiger partial charge is 0.307 e. The van der Waals surface area contributed by atoms with Gasteiger partial charge in [-0.15, -0.1) is 0 Å². The van der Waals surface area contributed by atoms with Gasteiger partial charge in [-0.2, -0.15) is 0 Å². The first-order valence-electron chi connectivity index (χ1n) is 4.67. The number of carbonyl (C=O) groups is 2. The Morgan fingerprint density at radius 1 is 1.46 bits per heavy atom. The van der Waals surface area contributed by atoms with Crippen molar-refractivity contribution in [1.29, 1.82) is 0 Å². The quantitative estimate of drug-likeness (QED) is 0.617. The molecule has 1 saturated carbocycles. The Morgan fingerprint density at radius 3 is 2.62 bits per heavy atom. The SMILES string of the molecule is CCCCNC(=O)C1CC1C(=O)O. The molecule has 4 heteroatoms. The van der Waals surface area contributed by atoms with Crippen LogP contribution in [-0.4, -0.2) is 23.5 Å². The zero-order chi connectivity index (χ0) is 9.84. The molecule has 2 unspecified atom stereocenters. The highest BCUT2D eigenvalue weighted by Crippen LogP contribution is 2.38. The van der Waals surface area contributed by atoms with Crippen molar-refractivity contribution in [2.45, 2.75) is 26.2 Å². The average molecular weight is 185 g/mol. The molecule has 0 saturated heterocycles. The summed E-state index contributed by atoms with van der Waals surface area (Å²) in [6, 6.07) is 0. The van der Waals surface area contributed by atoms with Crippen molar-refractivity contribution in [1.82, 2.24) is 5.32 Å². The Balaban J connectivity index is 2.16. The summed E-state index contributed by atoms with van der Waals surface area (Å²) in [6.45, 7) is 2.71. The second kappa shape index (κ2) is 4.25. The topological polar surface area (TPSA) is 66.4 Å². The monoisotopic (exact) mass is 185 g/mol. The van der Waals surface area contributed by atoms with E-state index < -0.39 is 11.9 Å². The fourth-order valence-corrected chi connectivity index (χ4v) is 1.28. The molecule has 1 fully saturated rings. The Kier molecular flexibility index (Phi) is 3.28. The van der Waals surface area contributed by atoms with Crippen LogP contribution in [0, 0.1) is 11.8 Å². The van der Waals surface area contributed by atoms with Crippen LogP contribution in [0.4, 0.5) is 0 Å². The lowest BCUT2D eigenvalue weighted by Crippen LogP contribution is -2.27. The molecule has 2 atom stereocenters. The summed E-state index contributed by atoms with van der Waals surface area (Å²) in [5.74, 6) is -1.65. The van der Waals surface area contributed by atoms with E-state index in [-0.39, 0.29) is 11.8 Å². The lowest BCUT2D eigenvalue weighted by molar-refractivity contribution is -0.140. The summed E-state index contributed by atoms with van der Waals surface area (Å²) in [4.78, 5) is 21.6. The van der Waals surface area contributed by atoms with Gasteiger partial charge in [0.1, 0.15) is 0 Å². The third kappa shape index (κ3) is 2.72. The van der Waals surface area contributed by atoms with Crippen molar-refractivity contribution in [3.8, 4) is 0 Å². The van der Waals surface area contributed by atoms with Crippen LogP contribution in [0.15, 0.2) is 0 Å². The molecule has 0 aromatic carbocycles. The van der Waals surface area contributed by atoms with Crippen LogP contribution in [0.5, 0.6) is 0 Å². The van der Waals surface area contributed by atoms with Gasteiger partial charge < -0.3 is 10.4 Å². The van der Waals surface area contributed by atoms with E-state index in [1.807, 2.05) is 6.92 Å². The molecule has 0 spiro atoms. The van der Waals surface area contributed by atoms with Gasteiger partial charge in [0.05, 0.1) is 11.8 Å². The zero-order valence-electron chi connectivity index (χ0n) is 7.75. The van der Waals surface area contributed by atoms with Crippen molar-refractivity contribution in [3.63, 3.8) is 0 Å². The molecule has 2 N–H and O–H groups in total. The van der Waals surface area contributed by atoms with Crippen molar-refractivity contribution in [3.05, 3.63) is 0 Å². The molecule has 4 nitrogen and oxygen atoms in total. The number of carboxylic acid groups (broad SMARTS) is 1. The average Bonchev–Trinajstić information content (AvgIpc) is 2.83. The van der Waals surface area contributed by atoms with Gasteiger partial charge in [-0.25, -0.2) is 0 Å². The van der Waals surface area contributed by atoms with Gasteiger partial charge in [-0.05, 0) is 12.8 Å². The van der Waals surface area contributed by atoms with E-state index in [0.717, 1.165) is 12.8 Å². The number of hydrogen-bond donors (Lipinski definition) is 2. The maximum absolute atomic E-state index is 11.2. The lowest BCUT2D eigenvalue weighted by Gasteiger charge is -2.01. The molecule has 1 amide bonds. The van der Waals surface area contributed by atoms with Crippen molar-refractivity contribution in [2.75, 3.05) is 6.54 Å². The third-order valence-corrected chi connectivity index (χ3v) is 2.27. The second-order valence-corrected chi connectivity index (χ2v) is 3.43. The standard InChI is InChI=1S/C9H15NO3/c1-2-3-4-10-8(11)6-5-7(6)9(12)13/h6-7H,2-5H2,1H3,(H,10,11)(H,12,13). The van der Waals surface area contributed by atoms with E-state index >= 15 is 0 Å². The summed E-state index contributed by atoms with van der Waals surface area (Å²) < 4.78 is 0. The van der Waals surface area contributed by atoms with E-state index in [0.29, 0.717) is 13.0 Å². The summed E-state index contributed by atoms with van der Waals surface area (Å²) in [6.07, 6.45) is 2.50. The van der Waals surface area contributed by atoms with Gasteiger partial charge >= 0.3 is 5.97 Å². The molecular formula is C9H15NO3. The minimum absolute atomic E-state index is 0.0964. The highest BCUT2D eigenvalue weighted by atomic mass is 16.4. The van der Waals surface area contributed by atoms with Crippen LogP contribution < -0.4 is 5.32 Å². The number of rotatable bonds is 5. The first kappa shape index (κ1) is 10.0. The zero-order valence-corrected chi connectivity index (χ0v) is 7.75. The largest absolute Gasteiger partial charge is 0.481 e. The van der Waals surface area contributed by atoms with Crippen molar-refractivity contribution >= 4 is 11.9 Å². The Morgan fingerprint density at radius 2 is 2.15 bits per heavy atom. The summed E-state index contributed by atoms with van der Waals surface area (Å²) in [5.41, 5.74) is 0. The molecule has 13 heavy (non-hydrogen) atoms. The molecule has 0 aromatic rings. The lowest BCUT2D eigenvalue weighted by atomic mass is 10.3. The molecular weight excluding hydrogens is 170 g/mol. The Hall–Kier alpha value is -1.06. The minimum atomic E-state index is -0.851. The maximum Gasteiger partial charge on any atom is 0.307 e. The number of aliphatic carboxylic acids is 1. The first-order chi connectivity index (χ1) is 6.16. The molecule has 1 rings (SSSR count). The fraction of sp³-hybridized carbons (Fsp3) is 0.778. The van der Waals surface area contributed by atoms with Crippen LogP contribution in [-0.2, 0) is 9.59 Å². The van der Waals surface area contributed by atoms with Crippen LogP contribution in [0.3, 0.4) is 0 Å². The summed E-state index contributed by atoms with van der Waals surface area (Å²) in [5, 5.41) is 11.3. The Labute approximate surface area is 77.3 Å². The summed E-state index contributed by atoms with van der Waals surface area (Å²) in [7, 11) is 0. The van der Waals surface area contributed by atoms with E-state index in [4.69, 9.17) is 5.11 Å². The normalized spacial score (nSPS) is 25.3.